The van der Waals surface area contributed by atoms with Gasteiger partial charge in [-0.3, -0.25) is 14.3 Å². The lowest BCUT2D eigenvalue weighted by Crippen LogP contribution is -2.25. The number of nitrogen functional groups attached to an aromatic ring is 1. The Hall–Kier alpha value is -5.22. The van der Waals surface area contributed by atoms with Gasteiger partial charge in [0.05, 0.1) is 23.3 Å². The Kier molecular flexibility index (Phi) is 7.75. The molecule has 6 rings (SSSR count). The Morgan fingerprint density at radius 3 is 2.50 bits per heavy atom. The monoisotopic (exact) mass is 589 g/mol. The van der Waals surface area contributed by atoms with Crippen LogP contribution in [0.15, 0.2) is 83.8 Å². The van der Waals surface area contributed by atoms with E-state index in [9.17, 15) is 9.59 Å². The summed E-state index contributed by atoms with van der Waals surface area (Å²) in [5.41, 5.74) is 11.6. The van der Waals surface area contributed by atoms with Crippen molar-refractivity contribution in [3.8, 4) is 34.0 Å². The highest BCUT2D eigenvalue weighted by atomic mass is 16.5. The average Bonchev–Trinajstić information content (AvgIpc) is 3.51. The first-order valence-electron chi connectivity index (χ1n) is 14.5. The third-order valence-electron chi connectivity index (χ3n) is 8.02. The van der Waals surface area contributed by atoms with Gasteiger partial charge in [0.25, 0.3) is 11.5 Å². The van der Waals surface area contributed by atoms with Gasteiger partial charge < -0.3 is 20.7 Å². The maximum atomic E-state index is 13.3. The van der Waals surface area contributed by atoms with Gasteiger partial charge in [-0.1, -0.05) is 36.4 Å². The van der Waals surface area contributed by atoms with Crippen molar-refractivity contribution in [2.24, 2.45) is 7.05 Å². The summed E-state index contributed by atoms with van der Waals surface area (Å²) < 4.78 is 9.40. The summed E-state index contributed by atoms with van der Waals surface area (Å²) in [6.45, 7) is 5.65. The minimum atomic E-state index is -0.477. The molecule has 1 fully saturated rings. The van der Waals surface area contributed by atoms with Gasteiger partial charge in [0, 0.05) is 37.0 Å². The van der Waals surface area contributed by atoms with E-state index >= 15 is 0 Å². The normalized spacial score (nSPS) is 15.0. The number of likely N-dealkylation sites (tertiary alicyclic amines) is 1. The predicted octanol–water partition coefficient (Wildman–Crippen LogP) is 4.83. The van der Waals surface area contributed by atoms with Crippen LogP contribution in [0.1, 0.15) is 28.0 Å². The topological polar surface area (TPSA) is 120 Å². The van der Waals surface area contributed by atoms with Crippen molar-refractivity contribution in [2.45, 2.75) is 26.4 Å². The standard InChI is InChI=1S/C34H35N7O3/c1-21-7-5-9-26(17-21)41-34(43)30(22(2)40(41)4)33(42)37-25-13-11-23(12-14-25)31-32(35)36-19-29(38-31)24-8-6-10-27(18-24)44-28-15-16-39(3)20-28/h5-14,17-19,28H,15-16,20H2,1-4H3,(H2,35,36)(H,37,42). The van der Waals surface area contributed by atoms with Crippen LogP contribution in [0.2, 0.25) is 0 Å². The van der Waals surface area contributed by atoms with Crippen molar-refractivity contribution >= 4 is 17.4 Å². The molecule has 0 saturated carbocycles. The Balaban J connectivity index is 1.21. The molecule has 2 aromatic heterocycles. The van der Waals surface area contributed by atoms with E-state index in [1.807, 2.05) is 67.6 Å². The van der Waals surface area contributed by atoms with Crippen molar-refractivity contribution in [1.82, 2.24) is 24.2 Å². The maximum absolute atomic E-state index is 13.3. The van der Waals surface area contributed by atoms with Gasteiger partial charge in [0.15, 0.2) is 0 Å². The number of hydrogen-bond donors (Lipinski definition) is 2. The molecule has 1 saturated heterocycles. The molecule has 3 N–H and O–H groups in total. The van der Waals surface area contributed by atoms with Crippen LogP contribution in [0.25, 0.3) is 28.2 Å². The number of anilines is 2. The summed E-state index contributed by atoms with van der Waals surface area (Å²) in [5, 5.41) is 2.86. The largest absolute Gasteiger partial charge is 0.489 e. The SMILES string of the molecule is Cc1cccc(-n2c(=O)c(C(=O)Nc3ccc(-c4nc(-c5cccc(OC6CCN(C)C6)c5)cnc4N)cc3)c(C)n2C)c1. The molecule has 1 aliphatic rings. The molecule has 1 atom stereocenters. The second-order valence-corrected chi connectivity index (χ2v) is 11.3. The molecule has 0 aliphatic carbocycles. The highest BCUT2D eigenvalue weighted by Crippen LogP contribution is 2.29. The van der Waals surface area contributed by atoms with Gasteiger partial charge in [0.2, 0.25) is 0 Å². The first kappa shape index (κ1) is 28.9. The predicted molar refractivity (Wildman–Crippen MR) is 172 cm³/mol. The van der Waals surface area contributed by atoms with Crippen LogP contribution >= 0.6 is 0 Å². The molecule has 10 nitrogen and oxygen atoms in total. The summed E-state index contributed by atoms with van der Waals surface area (Å²) in [5.74, 6) is 0.612. The van der Waals surface area contributed by atoms with Crippen LogP contribution in [0.5, 0.6) is 5.75 Å². The van der Waals surface area contributed by atoms with Crippen LogP contribution in [0, 0.1) is 13.8 Å². The van der Waals surface area contributed by atoms with E-state index in [1.54, 1.807) is 37.0 Å². The van der Waals surface area contributed by atoms with E-state index in [2.05, 4.69) is 22.2 Å². The van der Waals surface area contributed by atoms with Crippen LogP contribution in [-0.4, -0.2) is 56.4 Å². The fourth-order valence-electron chi connectivity index (χ4n) is 5.59. The second-order valence-electron chi connectivity index (χ2n) is 11.3. The quantitative estimate of drug-likeness (QED) is 0.279. The number of amides is 1. The Bertz CT molecular complexity index is 1910. The van der Waals surface area contributed by atoms with E-state index in [-0.39, 0.29) is 17.2 Å². The summed E-state index contributed by atoms with van der Waals surface area (Å²) >= 11 is 0. The van der Waals surface area contributed by atoms with Gasteiger partial charge in [-0.05, 0) is 69.3 Å². The minimum Gasteiger partial charge on any atom is -0.489 e. The fourth-order valence-corrected chi connectivity index (χ4v) is 5.59. The molecule has 1 unspecified atom stereocenters. The van der Waals surface area contributed by atoms with E-state index in [4.69, 9.17) is 15.5 Å². The zero-order chi connectivity index (χ0) is 31.0. The van der Waals surface area contributed by atoms with Crippen molar-refractivity contribution in [2.75, 3.05) is 31.2 Å². The number of aromatic nitrogens is 4. The number of likely N-dealkylation sites (N-methyl/N-ethyl adjacent to an activating group) is 1. The Labute approximate surface area is 255 Å². The highest BCUT2D eigenvalue weighted by molar-refractivity contribution is 6.05. The van der Waals surface area contributed by atoms with Gasteiger partial charge >= 0.3 is 0 Å². The lowest BCUT2D eigenvalue weighted by Gasteiger charge is -2.14. The van der Waals surface area contributed by atoms with Gasteiger partial charge in [0.1, 0.15) is 28.9 Å². The average molecular weight is 590 g/mol. The zero-order valence-corrected chi connectivity index (χ0v) is 25.2. The molecule has 1 aliphatic heterocycles. The third-order valence-corrected chi connectivity index (χ3v) is 8.02. The molecular weight excluding hydrogens is 554 g/mol. The fraction of sp³-hybridized carbons (Fsp3) is 0.235. The molecule has 10 heteroatoms. The smallest absolute Gasteiger partial charge is 0.284 e. The number of nitrogens with two attached hydrogens (primary N) is 1. The molecule has 0 radical (unpaired) electrons. The van der Waals surface area contributed by atoms with Gasteiger partial charge in [-0.25, -0.2) is 14.6 Å². The lowest BCUT2D eigenvalue weighted by molar-refractivity contribution is 0.102. The summed E-state index contributed by atoms with van der Waals surface area (Å²) in [4.78, 5) is 38.1. The van der Waals surface area contributed by atoms with E-state index in [0.717, 1.165) is 42.0 Å². The molecular formula is C34H35N7O3. The van der Waals surface area contributed by atoms with E-state index in [1.165, 1.54) is 4.68 Å². The van der Waals surface area contributed by atoms with Crippen LogP contribution in [0.3, 0.4) is 0 Å². The Morgan fingerprint density at radius 1 is 1.00 bits per heavy atom. The van der Waals surface area contributed by atoms with Gasteiger partial charge in [-0.15, -0.1) is 0 Å². The molecule has 5 aromatic rings. The molecule has 0 spiro atoms. The molecule has 3 aromatic carbocycles. The lowest BCUT2D eigenvalue weighted by atomic mass is 10.1. The second kappa shape index (κ2) is 11.8. The number of aryl methyl sites for hydroxylation is 1. The van der Waals surface area contributed by atoms with Crippen molar-refractivity contribution in [1.29, 1.82) is 0 Å². The summed E-state index contributed by atoms with van der Waals surface area (Å²) in [6.07, 6.45) is 2.82. The third kappa shape index (κ3) is 5.71. The molecule has 1 amide bonds. The zero-order valence-electron chi connectivity index (χ0n) is 25.2. The van der Waals surface area contributed by atoms with Crippen molar-refractivity contribution in [3.63, 3.8) is 0 Å². The van der Waals surface area contributed by atoms with Gasteiger partial charge in [-0.2, -0.15) is 0 Å². The van der Waals surface area contributed by atoms with Crippen molar-refractivity contribution in [3.05, 3.63) is 106 Å². The number of ether oxygens (including phenoxy) is 1. The van der Waals surface area contributed by atoms with Crippen LogP contribution < -0.4 is 21.3 Å². The number of rotatable bonds is 7. The highest BCUT2D eigenvalue weighted by Gasteiger charge is 2.23. The van der Waals surface area contributed by atoms with Crippen LogP contribution in [-0.2, 0) is 7.05 Å². The maximum Gasteiger partial charge on any atom is 0.284 e. The molecule has 224 valence electrons. The Morgan fingerprint density at radius 2 is 1.77 bits per heavy atom. The number of nitrogens with zero attached hydrogens (tertiary/aromatic N) is 5. The number of benzene rings is 3. The van der Waals surface area contributed by atoms with Crippen LogP contribution in [0.4, 0.5) is 11.5 Å². The molecule has 0 bridgehead atoms. The number of carbonyl (C=O) groups is 1. The van der Waals surface area contributed by atoms with E-state index < -0.39 is 5.91 Å². The summed E-state index contributed by atoms with van der Waals surface area (Å²) in [6, 6.07) is 22.6. The minimum absolute atomic E-state index is 0.0899. The molecule has 44 heavy (non-hydrogen) atoms. The number of carbonyl (C=O) groups excluding carboxylic acids is 1. The van der Waals surface area contributed by atoms with E-state index in [0.29, 0.717) is 34.3 Å². The van der Waals surface area contributed by atoms with Crippen molar-refractivity contribution < 1.29 is 9.53 Å². The first-order valence-corrected chi connectivity index (χ1v) is 14.5. The summed E-state index contributed by atoms with van der Waals surface area (Å²) in [7, 11) is 3.86. The number of nitrogens with one attached hydrogen (secondary N) is 1. The molecule has 3 heterocycles. The number of hydrogen-bond acceptors (Lipinski definition) is 7. The first-order chi connectivity index (χ1) is 21.2.